The van der Waals surface area contributed by atoms with Crippen LogP contribution in [0.3, 0.4) is 0 Å². The maximum Gasteiger partial charge on any atom is 0.322 e. The zero-order chi connectivity index (χ0) is 21.3. The van der Waals surface area contributed by atoms with Crippen LogP contribution < -0.4 is 10.1 Å². The number of nitrogens with one attached hydrogen (secondary N) is 1. The van der Waals surface area contributed by atoms with Crippen molar-refractivity contribution >= 4 is 23.3 Å². The molecule has 3 rings (SSSR count). The van der Waals surface area contributed by atoms with E-state index >= 15 is 0 Å². The molecular weight excluding hydrogens is 400 g/mol. The minimum Gasteiger partial charge on any atom is -0.494 e. The van der Waals surface area contributed by atoms with Gasteiger partial charge >= 0.3 is 6.03 Å². The molecule has 2 amide bonds. The molecule has 0 spiro atoms. The summed E-state index contributed by atoms with van der Waals surface area (Å²) in [4.78, 5) is 19.0. The lowest BCUT2D eigenvalue weighted by Gasteiger charge is -2.25. The summed E-state index contributed by atoms with van der Waals surface area (Å²) < 4.78 is 7.75. The molecule has 0 saturated carbocycles. The van der Waals surface area contributed by atoms with Gasteiger partial charge in [-0.1, -0.05) is 35.9 Å². The molecular formula is C23H27ClN4O2. The van der Waals surface area contributed by atoms with E-state index < -0.39 is 0 Å². The van der Waals surface area contributed by atoms with E-state index in [-0.39, 0.29) is 6.03 Å². The number of rotatable bonds is 9. The molecule has 0 fully saturated rings. The number of hydrogen-bond acceptors (Lipinski definition) is 3. The number of carbonyl (C=O) groups is 1. The van der Waals surface area contributed by atoms with Gasteiger partial charge in [0.2, 0.25) is 0 Å². The van der Waals surface area contributed by atoms with E-state index in [2.05, 4.69) is 10.3 Å². The van der Waals surface area contributed by atoms with Gasteiger partial charge in [0.1, 0.15) is 5.75 Å². The van der Waals surface area contributed by atoms with Gasteiger partial charge in [-0.15, -0.1) is 0 Å². The summed E-state index contributed by atoms with van der Waals surface area (Å²) in [5.41, 5.74) is 2.64. The summed E-state index contributed by atoms with van der Waals surface area (Å²) >= 11 is 6.12. The number of nitrogens with zero attached hydrogens (tertiary/aromatic N) is 3. The van der Waals surface area contributed by atoms with Crippen molar-refractivity contribution in [3.63, 3.8) is 0 Å². The number of imidazole rings is 1. The number of aryl methyl sites for hydroxylation is 2. The van der Waals surface area contributed by atoms with Crippen molar-refractivity contribution in [3.05, 3.63) is 77.3 Å². The molecule has 1 heterocycles. The van der Waals surface area contributed by atoms with Crippen LogP contribution >= 0.6 is 11.6 Å². The second-order valence-electron chi connectivity index (χ2n) is 7.01. The Hall–Kier alpha value is -2.99. The topological polar surface area (TPSA) is 59.4 Å². The SMILES string of the molecule is CCOc1ccccc1CN(CCCn1ccnc1)C(=O)Nc1cc(Cl)ccc1C. The maximum atomic E-state index is 13.2. The van der Waals surface area contributed by atoms with E-state index in [0.717, 1.165) is 29.8 Å². The molecule has 0 radical (unpaired) electrons. The molecule has 0 aliphatic carbocycles. The molecule has 30 heavy (non-hydrogen) atoms. The monoisotopic (exact) mass is 426 g/mol. The number of amides is 2. The van der Waals surface area contributed by atoms with Crippen LogP contribution in [-0.2, 0) is 13.1 Å². The standard InChI is InChI=1S/C23H27ClN4O2/c1-3-30-22-8-5-4-7-19(22)16-28(13-6-12-27-14-11-25-17-27)23(29)26-21-15-20(24)10-9-18(21)2/h4-5,7-11,14-15,17H,3,6,12-13,16H2,1-2H3,(H,26,29). The number of anilines is 1. The Kier molecular flexibility index (Phi) is 7.74. The van der Waals surface area contributed by atoms with Gasteiger partial charge in [0, 0.05) is 41.8 Å². The molecule has 0 aliphatic heterocycles. The summed E-state index contributed by atoms with van der Waals surface area (Å²) in [6, 6.07) is 13.1. The number of halogens is 1. The van der Waals surface area contributed by atoms with Gasteiger partial charge in [0.25, 0.3) is 0 Å². The molecule has 0 aliphatic rings. The fourth-order valence-corrected chi connectivity index (χ4v) is 3.35. The second kappa shape index (κ2) is 10.7. The van der Waals surface area contributed by atoms with E-state index in [1.807, 2.05) is 61.0 Å². The molecule has 1 aromatic heterocycles. The highest BCUT2D eigenvalue weighted by Crippen LogP contribution is 2.23. The smallest absolute Gasteiger partial charge is 0.322 e. The van der Waals surface area contributed by atoms with Crippen LogP contribution in [0.4, 0.5) is 10.5 Å². The highest BCUT2D eigenvalue weighted by atomic mass is 35.5. The number of aromatic nitrogens is 2. The lowest BCUT2D eigenvalue weighted by molar-refractivity contribution is 0.206. The third-order valence-corrected chi connectivity index (χ3v) is 5.00. The molecule has 6 nitrogen and oxygen atoms in total. The minimum atomic E-state index is -0.169. The Morgan fingerprint density at radius 3 is 2.87 bits per heavy atom. The molecule has 1 N–H and O–H groups in total. The summed E-state index contributed by atoms with van der Waals surface area (Å²) in [7, 11) is 0. The van der Waals surface area contributed by atoms with Crippen molar-refractivity contribution in [2.75, 3.05) is 18.5 Å². The molecule has 0 saturated heterocycles. The van der Waals surface area contributed by atoms with Gasteiger partial charge < -0.3 is 19.5 Å². The Labute approximate surface area is 182 Å². The number of ether oxygens (including phenoxy) is 1. The first-order chi connectivity index (χ1) is 14.6. The Morgan fingerprint density at radius 2 is 2.10 bits per heavy atom. The summed E-state index contributed by atoms with van der Waals surface area (Å²) in [5, 5.41) is 3.60. The predicted octanol–water partition coefficient (Wildman–Crippen LogP) is 5.37. The third-order valence-electron chi connectivity index (χ3n) is 4.77. The van der Waals surface area contributed by atoms with Crippen LogP contribution in [-0.4, -0.2) is 33.6 Å². The lowest BCUT2D eigenvalue weighted by Crippen LogP contribution is -2.36. The van der Waals surface area contributed by atoms with Crippen molar-refractivity contribution < 1.29 is 9.53 Å². The Morgan fingerprint density at radius 1 is 1.27 bits per heavy atom. The second-order valence-corrected chi connectivity index (χ2v) is 7.44. The average molecular weight is 427 g/mol. The van der Waals surface area contributed by atoms with E-state index in [0.29, 0.717) is 30.4 Å². The van der Waals surface area contributed by atoms with Crippen LogP contribution in [0, 0.1) is 6.92 Å². The number of urea groups is 1. The molecule has 7 heteroatoms. The van der Waals surface area contributed by atoms with Crippen molar-refractivity contribution in [2.45, 2.75) is 33.4 Å². The lowest BCUT2D eigenvalue weighted by atomic mass is 10.1. The maximum absolute atomic E-state index is 13.2. The largest absolute Gasteiger partial charge is 0.494 e. The number of para-hydroxylation sites is 1. The fraction of sp³-hybridized carbons (Fsp3) is 0.304. The molecule has 158 valence electrons. The van der Waals surface area contributed by atoms with Crippen LogP contribution in [0.1, 0.15) is 24.5 Å². The average Bonchev–Trinajstić information content (AvgIpc) is 3.25. The molecule has 3 aromatic rings. The quantitative estimate of drug-likeness (QED) is 0.500. The van der Waals surface area contributed by atoms with Crippen molar-refractivity contribution in [3.8, 4) is 5.75 Å². The number of benzene rings is 2. The highest BCUT2D eigenvalue weighted by Gasteiger charge is 2.17. The van der Waals surface area contributed by atoms with E-state index in [1.165, 1.54) is 0 Å². The molecule has 0 bridgehead atoms. The Bertz CT molecular complexity index is 960. The first kappa shape index (κ1) is 21.7. The summed E-state index contributed by atoms with van der Waals surface area (Å²) in [6.07, 6.45) is 6.26. The molecule has 2 aromatic carbocycles. The van der Waals surface area contributed by atoms with Crippen LogP contribution in [0.2, 0.25) is 5.02 Å². The third kappa shape index (κ3) is 6.00. The Balaban J connectivity index is 1.75. The van der Waals surface area contributed by atoms with E-state index in [1.54, 1.807) is 23.5 Å². The van der Waals surface area contributed by atoms with Gasteiger partial charge in [-0.25, -0.2) is 9.78 Å². The number of hydrogen-bond donors (Lipinski definition) is 1. The number of carbonyl (C=O) groups excluding carboxylic acids is 1. The van der Waals surface area contributed by atoms with Crippen LogP contribution in [0.25, 0.3) is 0 Å². The first-order valence-electron chi connectivity index (χ1n) is 10.1. The summed E-state index contributed by atoms with van der Waals surface area (Å²) in [5.74, 6) is 0.798. The van der Waals surface area contributed by atoms with Crippen molar-refractivity contribution in [1.29, 1.82) is 0 Å². The molecule has 0 atom stereocenters. The van der Waals surface area contributed by atoms with Crippen LogP contribution in [0.5, 0.6) is 5.75 Å². The van der Waals surface area contributed by atoms with Gasteiger partial charge in [0.15, 0.2) is 0 Å². The zero-order valence-electron chi connectivity index (χ0n) is 17.3. The molecule has 0 unspecified atom stereocenters. The van der Waals surface area contributed by atoms with E-state index in [9.17, 15) is 4.79 Å². The zero-order valence-corrected chi connectivity index (χ0v) is 18.1. The van der Waals surface area contributed by atoms with Crippen molar-refractivity contribution in [1.82, 2.24) is 14.5 Å². The summed E-state index contributed by atoms with van der Waals surface area (Å²) in [6.45, 7) is 6.29. The van der Waals surface area contributed by atoms with Gasteiger partial charge in [-0.2, -0.15) is 0 Å². The fourth-order valence-electron chi connectivity index (χ4n) is 3.18. The van der Waals surface area contributed by atoms with Gasteiger partial charge in [0.05, 0.1) is 19.5 Å². The minimum absolute atomic E-state index is 0.169. The normalized spacial score (nSPS) is 10.6. The van der Waals surface area contributed by atoms with Crippen molar-refractivity contribution in [2.24, 2.45) is 0 Å². The van der Waals surface area contributed by atoms with Gasteiger partial charge in [-0.3, -0.25) is 0 Å². The van der Waals surface area contributed by atoms with E-state index in [4.69, 9.17) is 16.3 Å². The first-order valence-corrected chi connectivity index (χ1v) is 10.4. The predicted molar refractivity (Wildman–Crippen MR) is 120 cm³/mol. The van der Waals surface area contributed by atoms with Gasteiger partial charge in [-0.05, 0) is 44.0 Å². The highest BCUT2D eigenvalue weighted by molar-refractivity contribution is 6.31. The van der Waals surface area contributed by atoms with Crippen LogP contribution in [0.15, 0.2) is 61.2 Å².